The Balaban J connectivity index is 1.63. The highest BCUT2D eigenvalue weighted by Gasteiger charge is 2.37. The van der Waals surface area contributed by atoms with Crippen molar-refractivity contribution >= 4 is 17.8 Å². The second-order valence-corrected chi connectivity index (χ2v) is 9.19. The molecule has 1 unspecified atom stereocenters. The maximum Gasteiger partial charge on any atom is 0.336 e. The molecule has 0 bridgehead atoms. The molecule has 4 rings (SSSR count). The van der Waals surface area contributed by atoms with E-state index in [1.54, 1.807) is 13.8 Å². The summed E-state index contributed by atoms with van der Waals surface area (Å²) in [5.41, 5.74) is 4.67. The van der Waals surface area contributed by atoms with Crippen LogP contribution in [-0.4, -0.2) is 35.8 Å². The Bertz CT molecular complexity index is 1260. The Hall–Kier alpha value is -4.19. The van der Waals surface area contributed by atoms with Crippen LogP contribution in [0.15, 0.2) is 96.2 Å². The van der Waals surface area contributed by atoms with Gasteiger partial charge in [0, 0.05) is 18.0 Å². The Morgan fingerprint density at radius 3 is 2.14 bits per heavy atom. The molecule has 6 nitrogen and oxygen atoms in total. The van der Waals surface area contributed by atoms with E-state index in [9.17, 15) is 14.4 Å². The summed E-state index contributed by atoms with van der Waals surface area (Å²) >= 11 is 0. The van der Waals surface area contributed by atoms with E-state index in [1.165, 1.54) is 4.90 Å². The van der Waals surface area contributed by atoms with Crippen LogP contribution in [0.25, 0.3) is 0 Å². The second kappa shape index (κ2) is 11.7. The Morgan fingerprint density at radius 1 is 0.946 bits per heavy atom. The smallest absolute Gasteiger partial charge is 0.336 e. The topological polar surface area (TPSA) is 75.7 Å². The highest BCUT2D eigenvalue weighted by Crippen LogP contribution is 2.37. The van der Waals surface area contributed by atoms with Crippen LogP contribution >= 0.6 is 0 Å². The van der Waals surface area contributed by atoms with Gasteiger partial charge in [0.1, 0.15) is 6.54 Å². The summed E-state index contributed by atoms with van der Waals surface area (Å²) in [6, 6.07) is 26.8. The highest BCUT2D eigenvalue weighted by molar-refractivity contribution is 5.97. The summed E-state index contributed by atoms with van der Waals surface area (Å²) in [5.74, 6) is -1.41. The number of aryl methyl sites for hydroxylation is 1. The molecule has 37 heavy (non-hydrogen) atoms. The molecule has 0 aromatic heterocycles. The summed E-state index contributed by atoms with van der Waals surface area (Å²) in [5, 5.41) is 3.09. The zero-order valence-corrected chi connectivity index (χ0v) is 21.4. The van der Waals surface area contributed by atoms with Crippen LogP contribution in [0.3, 0.4) is 0 Å². The number of amides is 2. The fraction of sp³-hybridized carbons (Fsp3) is 0.258. The number of hydrogen-bond acceptors (Lipinski definition) is 4. The Labute approximate surface area is 218 Å². The third-order valence-corrected chi connectivity index (χ3v) is 6.64. The van der Waals surface area contributed by atoms with E-state index in [4.69, 9.17) is 4.74 Å². The molecular weight excluding hydrogens is 464 g/mol. The maximum absolute atomic E-state index is 13.3. The van der Waals surface area contributed by atoms with Gasteiger partial charge in [-0.15, -0.1) is 0 Å². The minimum absolute atomic E-state index is 0.0863. The number of allylic oxidation sites excluding steroid dienone is 1. The van der Waals surface area contributed by atoms with Crippen molar-refractivity contribution in [2.75, 3.05) is 13.2 Å². The van der Waals surface area contributed by atoms with Crippen LogP contribution in [0.1, 0.15) is 54.5 Å². The lowest BCUT2D eigenvalue weighted by Crippen LogP contribution is -2.45. The van der Waals surface area contributed by atoms with Crippen LogP contribution < -0.4 is 5.32 Å². The molecule has 6 heteroatoms. The van der Waals surface area contributed by atoms with Crippen molar-refractivity contribution in [3.05, 3.63) is 118 Å². The predicted molar refractivity (Wildman–Crippen MR) is 142 cm³/mol. The number of nitrogens with one attached hydrogen (secondary N) is 1. The van der Waals surface area contributed by atoms with E-state index in [2.05, 4.69) is 5.32 Å². The Morgan fingerprint density at radius 2 is 1.57 bits per heavy atom. The molecule has 0 aliphatic carbocycles. The van der Waals surface area contributed by atoms with Gasteiger partial charge < -0.3 is 15.0 Å². The summed E-state index contributed by atoms with van der Waals surface area (Å²) in [6.45, 7) is 5.47. The van der Waals surface area contributed by atoms with E-state index in [-0.39, 0.29) is 37.4 Å². The first-order valence-electron chi connectivity index (χ1n) is 12.5. The van der Waals surface area contributed by atoms with Crippen molar-refractivity contribution in [1.29, 1.82) is 0 Å². The molecule has 1 N–H and O–H groups in total. The summed E-state index contributed by atoms with van der Waals surface area (Å²) in [7, 11) is 0. The number of carbonyl (C=O) groups is 3. The van der Waals surface area contributed by atoms with E-state index < -0.39 is 11.9 Å². The maximum atomic E-state index is 13.3. The van der Waals surface area contributed by atoms with Crippen LogP contribution in [0.4, 0.5) is 0 Å². The first-order chi connectivity index (χ1) is 17.9. The van der Waals surface area contributed by atoms with E-state index >= 15 is 0 Å². The fourth-order valence-corrected chi connectivity index (χ4v) is 4.85. The molecule has 1 aliphatic rings. The summed E-state index contributed by atoms with van der Waals surface area (Å²) in [6.07, 6.45) is 0.0863. The lowest BCUT2D eigenvalue weighted by Gasteiger charge is -2.34. The van der Waals surface area contributed by atoms with Gasteiger partial charge in [0.15, 0.2) is 0 Å². The minimum atomic E-state index is -0.462. The van der Waals surface area contributed by atoms with Gasteiger partial charge in [0.2, 0.25) is 11.8 Å². The first-order valence-corrected chi connectivity index (χ1v) is 12.5. The van der Waals surface area contributed by atoms with Gasteiger partial charge in [-0.25, -0.2) is 4.79 Å². The molecule has 3 aromatic rings. The van der Waals surface area contributed by atoms with Crippen LogP contribution in [0, 0.1) is 6.92 Å². The number of hydrogen-bond donors (Lipinski definition) is 1. The monoisotopic (exact) mass is 496 g/mol. The van der Waals surface area contributed by atoms with Crippen LogP contribution in [-0.2, 0) is 19.1 Å². The fourth-order valence-electron chi connectivity index (χ4n) is 4.85. The average Bonchev–Trinajstić information content (AvgIpc) is 2.90. The molecule has 0 saturated carbocycles. The van der Waals surface area contributed by atoms with Crippen LogP contribution in [0.5, 0.6) is 0 Å². The van der Waals surface area contributed by atoms with Gasteiger partial charge in [0.05, 0.1) is 18.2 Å². The quantitative estimate of drug-likeness (QED) is 0.443. The standard InChI is InChI=1S/C31H32N2O4/c1-4-37-31(36)29-22(3)33(28(35)19-26(29)25-17-11-12-21(2)18-25)20-27(34)32-30(23-13-7-5-8-14-23)24-15-9-6-10-16-24/h5-18,26,30H,4,19-20H2,1-3H3,(H,32,34). The van der Waals surface area contributed by atoms with E-state index in [0.717, 1.165) is 22.3 Å². The van der Waals surface area contributed by atoms with Crippen molar-refractivity contribution in [3.63, 3.8) is 0 Å². The third kappa shape index (κ3) is 5.97. The van der Waals surface area contributed by atoms with Gasteiger partial charge in [-0.3, -0.25) is 9.59 Å². The lowest BCUT2D eigenvalue weighted by molar-refractivity contribution is -0.141. The molecule has 1 heterocycles. The van der Waals surface area contributed by atoms with E-state index in [1.807, 2.05) is 91.9 Å². The van der Waals surface area contributed by atoms with Crippen molar-refractivity contribution in [3.8, 4) is 0 Å². The lowest BCUT2D eigenvalue weighted by atomic mass is 9.83. The van der Waals surface area contributed by atoms with Gasteiger partial charge in [0.25, 0.3) is 0 Å². The minimum Gasteiger partial charge on any atom is -0.463 e. The van der Waals surface area contributed by atoms with Crippen molar-refractivity contribution in [2.24, 2.45) is 0 Å². The molecule has 2 amide bonds. The molecule has 0 spiro atoms. The van der Waals surface area contributed by atoms with Crippen LogP contribution in [0.2, 0.25) is 0 Å². The summed E-state index contributed by atoms with van der Waals surface area (Å²) in [4.78, 5) is 41.1. The van der Waals surface area contributed by atoms with Gasteiger partial charge in [-0.2, -0.15) is 0 Å². The predicted octanol–water partition coefficient (Wildman–Crippen LogP) is 5.05. The molecule has 1 atom stereocenters. The number of ether oxygens (including phenoxy) is 1. The molecule has 0 fully saturated rings. The molecule has 190 valence electrons. The third-order valence-electron chi connectivity index (χ3n) is 6.64. The number of benzene rings is 3. The average molecular weight is 497 g/mol. The van der Waals surface area contributed by atoms with Crippen molar-refractivity contribution in [2.45, 2.75) is 39.2 Å². The first kappa shape index (κ1) is 25.9. The molecular formula is C31H32N2O4. The molecule has 3 aromatic carbocycles. The van der Waals surface area contributed by atoms with Crippen molar-refractivity contribution < 1.29 is 19.1 Å². The number of rotatable bonds is 8. The SMILES string of the molecule is CCOC(=O)C1=C(C)N(CC(=O)NC(c2ccccc2)c2ccccc2)C(=O)CC1c1cccc(C)c1. The highest BCUT2D eigenvalue weighted by atomic mass is 16.5. The largest absolute Gasteiger partial charge is 0.463 e. The molecule has 0 saturated heterocycles. The molecule has 0 radical (unpaired) electrons. The van der Waals surface area contributed by atoms with E-state index in [0.29, 0.717) is 11.3 Å². The number of carbonyl (C=O) groups excluding carboxylic acids is 3. The second-order valence-electron chi connectivity index (χ2n) is 9.19. The van der Waals surface area contributed by atoms with Crippen molar-refractivity contribution in [1.82, 2.24) is 10.2 Å². The normalized spacial score (nSPS) is 15.6. The number of esters is 1. The zero-order chi connectivity index (χ0) is 26.4. The van der Waals surface area contributed by atoms with Gasteiger partial charge in [-0.1, -0.05) is 90.5 Å². The van der Waals surface area contributed by atoms with Gasteiger partial charge in [-0.05, 0) is 37.5 Å². The Kier molecular flexibility index (Phi) is 8.18. The summed E-state index contributed by atoms with van der Waals surface area (Å²) < 4.78 is 5.37. The molecule has 1 aliphatic heterocycles. The zero-order valence-electron chi connectivity index (χ0n) is 21.4. The number of nitrogens with zero attached hydrogens (tertiary/aromatic N) is 1. The van der Waals surface area contributed by atoms with Gasteiger partial charge >= 0.3 is 5.97 Å².